The number of nitrogens with zero attached hydrogens (tertiary/aromatic N) is 2. The maximum atomic E-state index is 12.2. The number of β-amino-alcohol motifs (C(OH)–C–C–N with tert-alkyl or cyclic N) is 1. The number of ether oxygens (including phenoxy) is 1. The number of aliphatic hydroxyl groups excluding tert-OH is 1. The summed E-state index contributed by atoms with van der Waals surface area (Å²) in [5.74, 6) is 0.599. The zero-order valence-electron chi connectivity index (χ0n) is 12.5. The fourth-order valence-electron chi connectivity index (χ4n) is 2.39. The normalized spacial score (nSPS) is 14.0. The number of amides is 1. The summed E-state index contributed by atoms with van der Waals surface area (Å²) < 4.78 is 5.67. The van der Waals surface area contributed by atoms with E-state index in [1.54, 1.807) is 41.3 Å². The van der Waals surface area contributed by atoms with Crippen LogP contribution in [-0.4, -0.2) is 35.1 Å². The maximum absolute atomic E-state index is 12.2. The number of hydrogen-bond donors (Lipinski definition) is 1. The van der Waals surface area contributed by atoms with Crippen molar-refractivity contribution in [2.45, 2.75) is 12.7 Å². The highest BCUT2D eigenvalue weighted by molar-refractivity contribution is 5.95. The molecule has 3 rings (SSSR count). The summed E-state index contributed by atoms with van der Waals surface area (Å²) in [6, 6.07) is 16.2. The standard InChI is InChI=1S/C18H16N2O3/c19-9-13-4-6-17(7-5-13)23-12-14-2-1-3-15(8-14)18(22)20-10-16(21)11-20/h1-8,16,21H,10-12H2. The van der Waals surface area contributed by atoms with E-state index in [0.717, 1.165) is 5.56 Å². The Labute approximate surface area is 134 Å². The van der Waals surface area contributed by atoms with Crippen LogP contribution in [0.4, 0.5) is 0 Å². The summed E-state index contributed by atoms with van der Waals surface area (Å²) in [6.45, 7) is 1.13. The fourth-order valence-corrected chi connectivity index (χ4v) is 2.39. The number of benzene rings is 2. The Morgan fingerprint density at radius 2 is 2.00 bits per heavy atom. The average Bonchev–Trinajstić information content (AvgIpc) is 2.57. The molecule has 1 fully saturated rings. The predicted molar refractivity (Wildman–Crippen MR) is 83.8 cm³/mol. The van der Waals surface area contributed by atoms with Gasteiger partial charge in [-0.25, -0.2) is 0 Å². The first kappa shape index (κ1) is 15.1. The molecule has 1 aliphatic rings. The van der Waals surface area contributed by atoms with Gasteiger partial charge in [-0.15, -0.1) is 0 Å². The van der Waals surface area contributed by atoms with Gasteiger partial charge in [0.05, 0.1) is 17.7 Å². The molecule has 0 aliphatic carbocycles. The van der Waals surface area contributed by atoms with E-state index >= 15 is 0 Å². The average molecular weight is 308 g/mol. The third kappa shape index (κ3) is 3.50. The van der Waals surface area contributed by atoms with Crippen LogP contribution in [0.2, 0.25) is 0 Å². The van der Waals surface area contributed by atoms with E-state index in [0.29, 0.717) is 36.6 Å². The first-order valence-corrected chi connectivity index (χ1v) is 7.35. The SMILES string of the molecule is N#Cc1ccc(OCc2cccc(C(=O)N3CC(O)C3)c2)cc1. The van der Waals surface area contributed by atoms with Crippen molar-refractivity contribution in [3.8, 4) is 11.8 Å². The van der Waals surface area contributed by atoms with Gasteiger partial charge in [-0.2, -0.15) is 5.26 Å². The molecule has 1 heterocycles. The van der Waals surface area contributed by atoms with E-state index < -0.39 is 6.10 Å². The number of nitriles is 1. The van der Waals surface area contributed by atoms with Crippen LogP contribution >= 0.6 is 0 Å². The summed E-state index contributed by atoms with van der Waals surface area (Å²) in [5, 5.41) is 18.0. The van der Waals surface area contributed by atoms with Gasteiger partial charge in [0.2, 0.25) is 0 Å². The van der Waals surface area contributed by atoms with Gasteiger partial charge in [-0.1, -0.05) is 12.1 Å². The van der Waals surface area contributed by atoms with Gasteiger partial charge in [0.25, 0.3) is 5.91 Å². The summed E-state index contributed by atoms with van der Waals surface area (Å²) in [7, 11) is 0. The topological polar surface area (TPSA) is 73.6 Å². The van der Waals surface area contributed by atoms with Crippen LogP contribution in [0.25, 0.3) is 0 Å². The zero-order chi connectivity index (χ0) is 16.2. The molecule has 0 radical (unpaired) electrons. The number of aliphatic hydroxyl groups is 1. The predicted octanol–water partition coefficient (Wildman–Crippen LogP) is 1.95. The van der Waals surface area contributed by atoms with Gasteiger partial charge in [-0.05, 0) is 42.0 Å². The molecule has 1 amide bonds. The summed E-state index contributed by atoms with van der Waals surface area (Å²) in [4.78, 5) is 13.8. The first-order valence-electron chi connectivity index (χ1n) is 7.35. The molecule has 5 nitrogen and oxygen atoms in total. The summed E-state index contributed by atoms with van der Waals surface area (Å²) in [6.07, 6.45) is -0.401. The van der Waals surface area contributed by atoms with Crippen LogP contribution in [0.3, 0.4) is 0 Å². The van der Waals surface area contributed by atoms with Crippen molar-refractivity contribution in [1.82, 2.24) is 4.90 Å². The van der Waals surface area contributed by atoms with Gasteiger partial charge in [0.15, 0.2) is 0 Å². The quantitative estimate of drug-likeness (QED) is 0.937. The maximum Gasteiger partial charge on any atom is 0.254 e. The molecule has 0 atom stereocenters. The Morgan fingerprint density at radius 3 is 2.65 bits per heavy atom. The molecule has 0 spiro atoms. The summed E-state index contributed by atoms with van der Waals surface area (Å²) in [5.41, 5.74) is 2.07. The second-order valence-electron chi connectivity index (χ2n) is 5.49. The summed E-state index contributed by atoms with van der Waals surface area (Å²) >= 11 is 0. The second-order valence-corrected chi connectivity index (χ2v) is 5.49. The van der Waals surface area contributed by atoms with Gasteiger partial charge >= 0.3 is 0 Å². The van der Waals surface area contributed by atoms with Crippen molar-refractivity contribution < 1.29 is 14.6 Å². The van der Waals surface area contributed by atoms with Gasteiger partial charge in [-0.3, -0.25) is 4.79 Å². The van der Waals surface area contributed by atoms with Gasteiger partial charge in [0.1, 0.15) is 12.4 Å². The van der Waals surface area contributed by atoms with Crippen molar-refractivity contribution in [3.63, 3.8) is 0 Å². The molecule has 0 unspecified atom stereocenters. The van der Waals surface area contributed by atoms with Crippen molar-refractivity contribution in [2.24, 2.45) is 0 Å². The van der Waals surface area contributed by atoms with E-state index in [4.69, 9.17) is 10.00 Å². The van der Waals surface area contributed by atoms with Crippen LogP contribution in [0.5, 0.6) is 5.75 Å². The molecular weight excluding hydrogens is 292 g/mol. The van der Waals surface area contributed by atoms with Gasteiger partial charge in [0, 0.05) is 18.7 Å². The Morgan fingerprint density at radius 1 is 1.26 bits per heavy atom. The van der Waals surface area contributed by atoms with Crippen LogP contribution in [0, 0.1) is 11.3 Å². The molecule has 1 aliphatic heterocycles. The molecular formula is C18H16N2O3. The van der Waals surface area contributed by atoms with E-state index in [2.05, 4.69) is 6.07 Å². The molecule has 2 aromatic carbocycles. The van der Waals surface area contributed by atoms with Crippen molar-refractivity contribution in [2.75, 3.05) is 13.1 Å². The van der Waals surface area contributed by atoms with Crippen LogP contribution < -0.4 is 4.74 Å². The van der Waals surface area contributed by atoms with Crippen LogP contribution in [0.1, 0.15) is 21.5 Å². The van der Waals surface area contributed by atoms with E-state index in [-0.39, 0.29) is 5.91 Å². The van der Waals surface area contributed by atoms with E-state index in [9.17, 15) is 9.90 Å². The lowest BCUT2D eigenvalue weighted by Crippen LogP contribution is -2.53. The lowest BCUT2D eigenvalue weighted by Gasteiger charge is -2.35. The highest BCUT2D eigenvalue weighted by atomic mass is 16.5. The molecule has 1 N–H and O–H groups in total. The minimum absolute atomic E-state index is 0.0736. The van der Waals surface area contributed by atoms with E-state index in [1.807, 2.05) is 12.1 Å². The smallest absolute Gasteiger partial charge is 0.254 e. The number of carbonyl (C=O) groups is 1. The van der Waals surface area contributed by atoms with Crippen LogP contribution in [-0.2, 0) is 6.61 Å². The number of hydrogen-bond acceptors (Lipinski definition) is 4. The van der Waals surface area contributed by atoms with Crippen molar-refractivity contribution in [3.05, 3.63) is 65.2 Å². The monoisotopic (exact) mass is 308 g/mol. The molecule has 1 saturated heterocycles. The molecule has 5 heteroatoms. The highest BCUT2D eigenvalue weighted by Gasteiger charge is 2.29. The third-order valence-corrected chi connectivity index (χ3v) is 3.71. The first-order chi connectivity index (χ1) is 11.2. The number of likely N-dealkylation sites (tertiary alicyclic amines) is 1. The largest absolute Gasteiger partial charge is 0.489 e. The Balaban J connectivity index is 1.63. The minimum Gasteiger partial charge on any atom is -0.489 e. The Hall–Kier alpha value is -2.84. The Bertz CT molecular complexity index is 744. The lowest BCUT2D eigenvalue weighted by atomic mass is 10.1. The Kier molecular flexibility index (Phi) is 4.26. The zero-order valence-corrected chi connectivity index (χ0v) is 12.5. The second kappa shape index (κ2) is 6.51. The molecule has 116 valence electrons. The minimum atomic E-state index is -0.401. The van der Waals surface area contributed by atoms with Crippen molar-refractivity contribution >= 4 is 5.91 Å². The molecule has 0 saturated carbocycles. The molecule has 2 aromatic rings. The fraction of sp³-hybridized carbons (Fsp3) is 0.222. The van der Waals surface area contributed by atoms with Crippen molar-refractivity contribution in [1.29, 1.82) is 5.26 Å². The number of rotatable bonds is 4. The molecule has 0 aromatic heterocycles. The van der Waals surface area contributed by atoms with E-state index in [1.165, 1.54) is 0 Å². The molecule has 0 bridgehead atoms. The van der Waals surface area contributed by atoms with Crippen LogP contribution in [0.15, 0.2) is 48.5 Å². The number of carbonyl (C=O) groups excluding carboxylic acids is 1. The molecule has 23 heavy (non-hydrogen) atoms. The third-order valence-electron chi connectivity index (χ3n) is 3.71. The lowest BCUT2D eigenvalue weighted by molar-refractivity contribution is 0.00588. The van der Waals surface area contributed by atoms with Gasteiger partial charge < -0.3 is 14.7 Å². The highest BCUT2D eigenvalue weighted by Crippen LogP contribution is 2.17.